The van der Waals surface area contributed by atoms with Crippen molar-refractivity contribution in [2.75, 3.05) is 5.75 Å². The van der Waals surface area contributed by atoms with Crippen molar-refractivity contribution in [3.63, 3.8) is 0 Å². The smallest absolute Gasteiger partial charge is 0.412 e. The quantitative estimate of drug-likeness (QED) is 0.909. The Balaban J connectivity index is 2.29. The molecule has 114 valence electrons. The minimum Gasteiger partial charge on any atom is -0.480 e. The van der Waals surface area contributed by atoms with Gasteiger partial charge in [0, 0.05) is 5.75 Å². The molecule has 1 aromatic rings. The van der Waals surface area contributed by atoms with Crippen LogP contribution in [-0.4, -0.2) is 39.5 Å². The second-order valence-electron chi connectivity index (χ2n) is 5.84. The van der Waals surface area contributed by atoms with E-state index in [0.29, 0.717) is 5.75 Å². The molecule has 1 aromatic carbocycles. The van der Waals surface area contributed by atoms with Crippen molar-refractivity contribution in [1.29, 1.82) is 0 Å². The van der Waals surface area contributed by atoms with Gasteiger partial charge < -0.3 is 9.84 Å². The van der Waals surface area contributed by atoms with E-state index in [1.54, 1.807) is 20.8 Å². The molecular weight excluding hydrogens is 290 g/mol. The summed E-state index contributed by atoms with van der Waals surface area (Å²) >= 11 is 1.44. The number of rotatable bonds is 2. The van der Waals surface area contributed by atoms with E-state index in [1.807, 2.05) is 30.3 Å². The predicted molar refractivity (Wildman–Crippen MR) is 81.1 cm³/mol. The number of hydrogen-bond donors (Lipinski definition) is 1. The highest BCUT2D eigenvalue weighted by molar-refractivity contribution is 7.99. The molecule has 1 aliphatic rings. The Bertz CT molecular complexity index is 526. The van der Waals surface area contributed by atoms with Gasteiger partial charge in [0.2, 0.25) is 0 Å². The van der Waals surface area contributed by atoms with E-state index < -0.39 is 23.7 Å². The van der Waals surface area contributed by atoms with Crippen molar-refractivity contribution in [2.24, 2.45) is 0 Å². The van der Waals surface area contributed by atoms with Crippen LogP contribution in [-0.2, 0) is 9.53 Å². The summed E-state index contributed by atoms with van der Waals surface area (Å²) in [5, 5.41) is 9.00. The molecule has 0 spiro atoms. The van der Waals surface area contributed by atoms with Gasteiger partial charge in [-0.05, 0) is 26.3 Å². The van der Waals surface area contributed by atoms with E-state index in [-0.39, 0.29) is 5.37 Å². The van der Waals surface area contributed by atoms with Crippen molar-refractivity contribution >= 4 is 23.8 Å². The van der Waals surface area contributed by atoms with E-state index in [9.17, 15) is 14.7 Å². The second-order valence-corrected chi connectivity index (χ2v) is 6.95. The average molecular weight is 309 g/mol. The molecule has 1 N–H and O–H groups in total. The summed E-state index contributed by atoms with van der Waals surface area (Å²) in [4.78, 5) is 25.1. The van der Waals surface area contributed by atoms with Crippen LogP contribution in [0, 0.1) is 0 Å². The van der Waals surface area contributed by atoms with Crippen LogP contribution in [0.15, 0.2) is 30.3 Å². The van der Waals surface area contributed by atoms with Crippen molar-refractivity contribution in [3.05, 3.63) is 35.9 Å². The molecule has 0 unspecified atom stereocenters. The maximum Gasteiger partial charge on any atom is 0.412 e. The van der Waals surface area contributed by atoms with Crippen LogP contribution >= 0.6 is 11.8 Å². The molecule has 1 fully saturated rings. The monoisotopic (exact) mass is 309 g/mol. The third kappa shape index (κ3) is 3.69. The largest absolute Gasteiger partial charge is 0.480 e. The van der Waals surface area contributed by atoms with Crippen LogP contribution in [0.25, 0.3) is 0 Å². The van der Waals surface area contributed by atoms with Gasteiger partial charge in [-0.25, -0.2) is 9.59 Å². The number of benzene rings is 1. The van der Waals surface area contributed by atoms with E-state index >= 15 is 0 Å². The average Bonchev–Trinajstić information content (AvgIpc) is 2.82. The first kappa shape index (κ1) is 15.7. The molecule has 0 aromatic heterocycles. The highest BCUT2D eigenvalue weighted by atomic mass is 32.2. The van der Waals surface area contributed by atoms with Crippen LogP contribution in [0.3, 0.4) is 0 Å². The lowest BCUT2D eigenvalue weighted by molar-refractivity contribution is -0.142. The number of ether oxygens (including phenoxy) is 1. The third-order valence-corrected chi connectivity index (χ3v) is 4.30. The number of thioether (sulfide) groups is 1. The molecule has 0 radical (unpaired) electrons. The Kier molecular flexibility index (Phi) is 4.46. The number of carbonyl (C=O) groups is 2. The zero-order valence-corrected chi connectivity index (χ0v) is 13.1. The summed E-state index contributed by atoms with van der Waals surface area (Å²) in [7, 11) is 0. The van der Waals surface area contributed by atoms with Gasteiger partial charge in [-0.3, -0.25) is 4.90 Å². The van der Waals surface area contributed by atoms with E-state index in [1.165, 1.54) is 16.7 Å². The first-order valence-electron chi connectivity index (χ1n) is 6.70. The molecule has 1 aliphatic heterocycles. The first-order chi connectivity index (χ1) is 9.79. The Hall–Kier alpha value is -1.69. The molecule has 1 amide bonds. The molecule has 2 rings (SSSR count). The summed E-state index contributed by atoms with van der Waals surface area (Å²) < 4.78 is 5.36. The van der Waals surface area contributed by atoms with Crippen LogP contribution in [0.5, 0.6) is 0 Å². The highest BCUT2D eigenvalue weighted by Crippen LogP contribution is 2.42. The third-order valence-electron chi connectivity index (χ3n) is 2.97. The van der Waals surface area contributed by atoms with Crippen LogP contribution in [0.1, 0.15) is 31.7 Å². The van der Waals surface area contributed by atoms with E-state index in [4.69, 9.17) is 4.74 Å². The van der Waals surface area contributed by atoms with Crippen LogP contribution < -0.4 is 0 Å². The standard InChI is InChI=1S/C15H19NO4S/c1-15(2,3)20-14(19)16-11(13(17)18)9-21-12(16)10-7-5-4-6-8-10/h4-8,11-12H,9H2,1-3H3,(H,17,18)/t11-,12-/m1/s1. The number of nitrogens with zero attached hydrogens (tertiary/aromatic N) is 1. The zero-order chi connectivity index (χ0) is 15.6. The molecular formula is C15H19NO4S. The van der Waals surface area contributed by atoms with Crippen LogP contribution in [0.2, 0.25) is 0 Å². The van der Waals surface area contributed by atoms with Gasteiger partial charge in [-0.15, -0.1) is 11.8 Å². The number of aliphatic carboxylic acids is 1. The summed E-state index contributed by atoms with van der Waals surface area (Å²) in [5.74, 6) is -0.652. The van der Waals surface area contributed by atoms with Gasteiger partial charge in [-0.1, -0.05) is 30.3 Å². The Morgan fingerprint density at radius 1 is 1.29 bits per heavy atom. The van der Waals surface area contributed by atoms with Gasteiger partial charge >= 0.3 is 12.1 Å². The SMILES string of the molecule is CC(C)(C)OC(=O)N1[C@@H](C(=O)O)CS[C@@H]1c1ccccc1. The lowest BCUT2D eigenvalue weighted by Gasteiger charge is -2.30. The molecule has 1 saturated heterocycles. The van der Waals surface area contributed by atoms with E-state index in [0.717, 1.165) is 5.56 Å². The minimum absolute atomic E-state index is 0.331. The maximum absolute atomic E-state index is 12.4. The van der Waals surface area contributed by atoms with Crippen molar-refractivity contribution in [1.82, 2.24) is 4.90 Å². The second kappa shape index (κ2) is 5.97. The fourth-order valence-electron chi connectivity index (χ4n) is 2.11. The zero-order valence-electron chi connectivity index (χ0n) is 12.3. The first-order valence-corrected chi connectivity index (χ1v) is 7.75. The Morgan fingerprint density at radius 2 is 1.90 bits per heavy atom. The fourth-order valence-corrected chi connectivity index (χ4v) is 3.52. The van der Waals surface area contributed by atoms with E-state index in [2.05, 4.69) is 0 Å². The van der Waals surface area contributed by atoms with Gasteiger partial charge in [0.15, 0.2) is 0 Å². The highest BCUT2D eigenvalue weighted by Gasteiger charge is 2.44. The van der Waals surface area contributed by atoms with Crippen LogP contribution in [0.4, 0.5) is 4.79 Å². The molecule has 6 heteroatoms. The number of carboxylic acids is 1. The van der Waals surface area contributed by atoms with Crippen molar-refractivity contribution in [2.45, 2.75) is 37.8 Å². The molecule has 0 saturated carbocycles. The van der Waals surface area contributed by atoms with Gasteiger partial charge in [0.25, 0.3) is 0 Å². The number of carboxylic acid groups (broad SMARTS) is 1. The van der Waals surface area contributed by atoms with Crippen molar-refractivity contribution in [3.8, 4) is 0 Å². The maximum atomic E-state index is 12.4. The molecule has 0 bridgehead atoms. The summed E-state index contributed by atoms with van der Waals surface area (Å²) in [6.07, 6.45) is -0.589. The molecule has 21 heavy (non-hydrogen) atoms. The predicted octanol–water partition coefficient (Wildman–Crippen LogP) is 3.12. The summed E-state index contributed by atoms with van der Waals surface area (Å²) in [6.45, 7) is 5.30. The summed E-state index contributed by atoms with van der Waals surface area (Å²) in [5.41, 5.74) is 0.242. The topological polar surface area (TPSA) is 66.8 Å². The Morgan fingerprint density at radius 3 is 2.43 bits per heavy atom. The number of amides is 1. The van der Waals surface area contributed by atoms with Gasteiger partial charge in [0.1, 0.15) is 17.0 Å². The lowest BCUT2D eigenvalue weighted by Crippen LogP contribution is -2.45. The normalized spacial score (nSPS) is 22.1. The molecule has 2 atom stereocenters. The van der Waals surface area contributed by atoms with Gasteiger partial charge in [0.05, 0.1) is 0 Å². The number of carbonyl (C=O) groups excluding carboxylic acids is 1. The molecule has 0 aliphatic carbocycles. The van der Waals surface area contributed by atoms with Crippen molar-refractivity contribution < 1.29 is 19.4 Å². The Labute approximate surface area is 128 Å². The minimum atomic E-state index is -1.01. The molecule has 5 nitrogen and oxygen atoms in total. The fraction of sp³-hybridized carbons (Fsp3) is 0.467. The lowest BCUT2D eigenvalue weighted by atomic mass is 10.2. The molecule has 1 heterocycles. The van der Waals surface area contributed by atoms with Gasteiger partial charge in [-0.2, -0.15) is 0 Å². The summed E-state index contributed by atoms with van der Waals surface area (Å²) in [6, 6.07) is 8.54. The number of hydrogen-bond acceptors (Lipinski definition) is 4.